The summed E-state index contributed by atoms with van der Waals surface area (Å²) in [5.74, 6) is -0.912. The Bertz CT molecular complexity index is 433. The Labute approximate surface area is 84.5 Å². The van der Waals surface area contributed by atoms with Crippen molar-refractivity contribution < 1.29 is 9.90 Å². The first-order valence-corrected chi connectivity index (χ1v) is 4.92. The van der Waals surface area contributed by atoms with Crippen LogP contribution >= 0.6 is 11.3 Å². The third-order valence-corrected chi connectivity index (χ3v) is 2.67. The average molecular weight is 208 g/mol. The molecule has 0 fully saturated rings. The quantitative estimate of drug-likeness (QED) is 0.835. The van der Waals surface area contributed by atoms with Crippen molar-refractivity contribution in [3.05, 3.63) is 40.6 Å². The molecule has 0 amide bonds. The fourth-order valence-corrected chi connectivity index (χ4v) is 1.91. The highest BCUT2D eigenvalue weighted by Gasteiger charge is 2.10. The van der Waals surface area contributed by atoms with Crippen molar-refractivity contribution in [2.45, 2.75) is 6.54 Å². The lowest BCUT2D eigenvalue weighted by atomic mass is 10.4. The van der Waals surface area contributed by atoms with Crippen LogP contribution in [0, 0.1) is 0 Å². The van der Waals surface area contributed by atoms with Gasteiger partial charge in [0.25, 0.3) is 0 Å². The van der Waals surface area contributed by atoms with E-state index in [4.69, 9.17) is 5.11 Å². The molecule has 0 radical (unpaired) electrons. The Hall–Kier alpha value is -1.62. The molecule has 0 saturated heterocycles. The Morgan fingerprint density at radius 1 is 1.64 bits per heavy atom. The standard InChI is InChI=1S/C9H8N2O2S/c12-9(13)8-10-3-4-11(8)6-7-2-1-5-14-7/h1-5H,6H2,(H,12,13). The number of hydrogen-bond donors (Lipinski definition) is 1. The van der Waals surface area contributed by atoms with E-state index < -0.39 is 5.97 Å². The van der Waals surface area contributed by atoms with Crippen LogP contribution in [0.25, 0.3) is 0 Å². The van der Waals surface area contributed by atoms with Gasteiger partial charge in [0.15, 0.2) is 0 Å². The molecule has 0 aromatic carbocycles. The van der Waals surface area contributed by atoms with Gasteiger partial charge >= 0.3 is 5.97 Å². The molecular weight excluding hydrogens is 200 g/mol. The monoisotopic (exact) mass is 208 g/mol. The van der Waals surface area contributed by atoms with Crippen molar-refractivity contribution in [2.24, 2.45) is 0 Å². The van der Waals surface area contributed by atoms with Crippen molar-refractivity contribution >= 4 is 17.3 Å². The van der Waals surface area contributed by atoms with Crippen LogP contribution in [0.3, 0.4) is 0 Å². The van der Waals surface area contributed by atoms with Gasteiger partial charge in [0.2, 0.25) is 5.82 Å². The van der Waals surface area contributed by atoms with Gasteiger partial charge in [-0.25, -0.2) is 9.78 Å². The molecule has 14 heavy (non-hydrogen) atoms. The molecule has 5 heteroatoms. The van der Waals surface area contributed by atoms with E-state index in [0.717, 1.165) is 4.88 Å². The number of aromatic nitrogens is 2. The van der Waals surface area contributed by atoms with E-state index in [1.54, 1.807) is 22.1 Å². The summed E-state index contributed by atoms with van der Waals surface area (Å²) in [6.45, 7) is 0.569. The molecule has 2 heterocycles. The molecule has 0 bridgehead atoms. The number of rotatable bonds is 3. The molecule has 0 unspecified atom stereocenters. The minimum absolute atomic E-state index is 0.0819. The van der Waals surface area contributed by atoms with Gasteiger partial charge in [-0.05, 0) is 11.4 Å². The molecule has 0 aliphatic carbocycles. The number of thiophene rings is 1. The summed E-state index contributed by atoms with van der Waals surface area (Å²) < 4.78 is 1.62. The summed E-state index contributed by atoms with van der Waals surface area (Å²) in [6.07, 6.45) is 3.17. The van der Waals surface area contributed by atoms with Crippen LogP contribution in [0.1, 0.15) is 15.5 Å². The molecule has 2 aromatic rings. The largest absolute Gasteiger partial charge is 0.475 e. The zero-order valence-electron chi connectivity index (χ0n) is 7.25. The van der Waals surface area contributed by atoms with Gasteiger partial charge in [-0.15, -0.1) is 11.3 Å². The second kappa shape index (κ2) is 3.63. The van der Waals surface area contributed by atoms with Gasteiger partial charge < -0.3 is 9.67 Å². The van der Waals surface area contributed by atoms with Crippen LogP contribution in [0.15, 0.2) is 29.9 Å². The molecule has 0 aliphatic rings. The van der Waals surface area contributed by atoms with Crippen molar-refractivity contribution in [3.8, 4) is 0 Å². The summed E-state index contributed by atoms with van der Waals surface area (Å²) in [4.78, 5) is 15.6. The van der Waals surface area contributed by atoms with E-state index in [9.17, 15) is 4.79 Å². The lowest BCUT2D eigenvalue weighted by Gasteiger charge is -2.01. The highest BCUT2D eigenvalue weighted by atomic mass is 32.1. The second-order valence-corrected chi connectivity index (χ2v) is 3.80. The number of carboxylic acids is 1. The third-order valence-electron chi connectivity index (χ3n) is 1.81. The number of hydrogen-bond acceptors (Lipinski definition) is 3. The molecule has 0 spiro atoms. The Kier molecular flexibility index (Phi) is 2.32. The predicted molar refractivity (Wildman–Crippen MR) is 52.6 cm³/mol. The maximum atomic E-state index is 10.7. The van der Waals surface area contributed by atoms with E-state index >= 15 is 0 Å². The minimum Gasteiger partial charge on any atom is -0.475 e. The van der Waals surface area contributed by atoms with Crippen molar-refractivity contribution in [2.75, 3.05) is 0 Å². The lowest BCUT2D eigenvalue weighted by molar-refractivity contribution is 0.0679. The number of imidazole rings is 1. The maximum Gasteiger partial charge on any atom is 0.372 e. The van der Waals surface area contributed by atoms with E-state index in [1.807, 2.05) is 17.5 Å². The van der Waals surface area contributed by atoms with Crippen molar-refractivity contribution in [1.82, 2.24) is 9.55 Å². The van der Waals surface area contributed by atoms with Gasteiger partial charge in [0.1, 0.15) is 0 Å². The van der Waals surface area contributed by atoms with Gasteiger partial charge in [-0.1, -0.05) is 6.07 Å². The van der Waals surface area contributed by atoms with E-state index in [1.165, 1.54) is 6.20 Å². The van der Waals surface area contributed by atoms with Gasteiger partial charge in [-0.3, -0.25) is 0 Å². The van der Waals surface area contributed by atoms with E-state index in [2.05, 4.69) is 4.98 Å². The molecule has 2 rings (SSSR count). The summed E-state index contributed by atoms with van der Waals surface area (Å²) >= 11 is 1.60. The summed E-state index contributed by atoms with van der Waals surface area (Å²) in [7, 11) is 0. The summed E-state index contributed by atoms with van der Waals surface area (Å²) in [5.41, 5.74) is 0. The smallest absolute Gasteiger partial charge is 0.372 e. The molecular formula is C9H8N2O2S. The first-order chi connectivity index (χ1) is 6.77. The second-order valence-electron chi connectivity index (χ2n) is 2.76. The lowest BCUT2D eigenvalue weighted by Crippen LogP contribution is -2.09. The molecule has 0 atom stereocenters. The molecule has 1 N–H and O–H groups in total. The van der Waals surface area contributed by atoms with Crippen molar-refractivity contribution in [3.63, 3.8) is 0 Å². The molecule has 72 valence electrons. The first kappa shape index (κ1) is 8.96. The van der Waals surface area contributed by atoms with E-state index in [-0.39, 0.29) is 5.82 Å². The van der Waals surface area contributed by atoms with Crippen LogP contribution in [0.5, 0.6) is 0 Å². The zero-order chi connectivity index (χ0) is 9.97. The molecule has 0 aliphatic heterocycles. The normalized spacial score (nSPS) is 10.3. The van der Waals surface area contributed by atoms with Crippen LogP contribution < -0.4 is 0 Å². The number of aromatic carboxylic acids is 1. The SMILES string of the molecule is O=C(O)c1nccn1Cc1cccs1. The van der Waals surface area contributed by atoms with Crippen LogP contribution in [-0.2, 0) is 6.54 Å². The molecule has 2 aromatic heterocycles. The predicted octanol–water partition coefficient (Wildman–Crippen LogP) is 1.69. The minimum atomic E-state index is -0.994. The average Bonchev–Trinajstić information content (AvgIpc) is 2.75. The van der Waals surface area contributed by atoms with Crippen LogP contribution in [0.2, 0.25) is 0 Å². The van der Waals surface area contributed by atoms with Gasteiger partial charge in [0.05, 0.1) is 6.54 Å². The van der Waals surface area contributed by atoms with Gasteiger partial charge in [-0.2, -0.15) is 0 Å². The highest BCUT2D eigenvalue weighted by molar-refractivity contribution is 7.09. The summed E-state index contributed by atoms with van der Waals surface area (Å²) in [6, 6.07) is 3.91. The fourth-order valence-electron chi connectivity index (χ4n) is 1.21. The first-order valence-electron chi connectivity index (χ1n) is 4.04. The fraction of sp³-hybridized carbons (Fsp3) is 0.111. The molecule has 4 nitrogen and oxygen atoms in total. The number of nitrogens with zero attached hydrogens (tertiary/aromatic N) is 2. The Morgan fingerprint density at radius 3 is 3.14 bits per heavy atom. The Balaban J connectivity index is 2.25. The zero-order valence-corrected chi connectivity index (χ0v) is 8.07. The molecule has 0 saturated carbocycles. The topological polar surface area (TPSA) is 55.1 Å². The van der Waals surface area contributed by atoms with Crippen molar-refractivity contribution in [1.29, 1.82) is 0 Å². The number of carboxylic acid groups (broad SMARTS) is 1. The number of carbonyl (C=O) groups is 1. The summed E-state index contributed by atoms with van der Waals surface area (Å²) in [5, 5.41) is 10.8. The Morgan fingerprint density at radius 2 is 2.50 bits per heavy atom. The van der Waals surface area contributed by atoms with E-state index in [0.29, 0.717) is 6.54 Å². The van der Waals surface area contributed by atoms with Crippen LogP contribution in [-0.4, -0.2) is 20.6 Å². The van der Waals surface area contributed by atoms with Gasteiger partial charge in [0, 0.05) is 17.3 Å². The van der Waals surface area contributed by atoms with Crippen LogP contribution in [0.4, 0.5) is 0 Å². The third kappa shape index (κ3) is 1.67. The maximum absolute atomic E-state index is 10.7. The highest BCUT2D eigenvalue weighted by Crippen LogP contribution is 2.11.